The molecule has 6 aromatic carbocycles. The van der Waals surface area contributed by atoms with Crippen LogP contribution in [0.25, 0.3) is 44.5 Å². The third-order valence-electron chi connectivity index (χ3n) is 12.1. The minimum Gasteiger partial charge on any atom is -0.310 e. The van der Waals surface area contributed by atoms with Crippen molar-refractivity contribution < 1.29 is 0 Å². The summed E-state index contributed by atoms with van der Waals surface area (Å²) >= 11 is 0. The van der Waals surface area contributed by atoms with Crippen molar-refractivity contribution in [3.8, 4) is 44.5 Å². The second-order valence-corrected chi connectivity index (χ2v) is 15.7. The van der Waals surface area contributed by atoms with Gasteiger partial charge in [0.15, 0.2) is 0 Å². The summed E-state index contributed by atoms with van der Waals surface area (Å²) in [4.78, 5) is 2.55. The van der Waals surface area contributed by atoms with Crippen molar-refractivity contribution in [2.45, 2.75) is 57.8 Å². The smallest absolute Gasteiger partial charge is 0.0502 e. The molecular weight excluding hydrogens is 603 g/mol. The molecule has 0 radical (unpaired) electrons. The lowest BCUT2D eigenvalue weighted by molar-refractivity contribution is 0.603. The first kappa shape index (κ1) is 29.5. The van der Waals surface area contributed by atoms with Crippen LogP contribution in [-0.4, -0.2) is 0 Å². The van der Waals surface area contributed by atoms with Crippen molar-refractivity contribution in [1.29, 1.82) is 0 Å². The van der Waals surface area contributed by atoms with Gasteiger partial charge in [-0.05, 0) is 134 Å². The molecule has 6 aromatic rings. The van der Waals surface area contributed by atoms with E-state index in [-0.39, 0.29) is 10.8 Å². The molecule has 0 aromatic heterocycles. The molecule has 3 aliphatic carbocycles. The number of allylic oxidation sites excluding steroid dienone is 3. The number of nitrogens with zero attached hydrogens (tertiary/aromatic N) is 1. The normalized spacial score (nSPS) is 17.1. The number of fused-ring (bicyclic) bond motifs is 8. The first-order valence-corrected chi connectivity index (χ1v) is 18.2. The van der Waals surface area contributed by atoms with Crippen molar-refractivity contribution in [2.75, 3.05) is 4.90 Å². The van der Waals surface area contributed by atoms with Crippen LogP contribution in [0.1, 0.15) is 68.4 Å². The number of hydrogen-bond acceptors (Lipinski definition) is 1. The Morgan fingerprint density at radius 3 is 1.88 bits per heavy atom. The van der Waals surface area contributed by atoms with Gasteiger partial charge in [0.2, 0.25) is 0 Å². The summed E-state index contributed by atoms with van der Waals surface area (Å²) in [6.07, 6.45) is 8.14. The topological polar surface area (TPSA) is 3.24 Å². The zero-order valence-electron chi connectivity index (χ0n) is 29.3. The van der Waals surface area contributed by atoms with Crippen molar-refractivity contribution >= 4 is 11.4 Å². The highest BCUT2D eigenvalue weighted by Gasteiger charge is 2.41. The van der Waals surface area contributed by atoms with E-state index in [1.807, 2.05) is 0 Å². The lowest BCUT2D eigenvalue weighted by Crippen LogP contribution is -2.36. The van der Waals surface area contributed by atoms with Gasteiger partial charge in [0.25, 0.3) is 0 Å². The first-order valence-electron chi connectivity index (χ1n) is 18.2. The fraction of sp³-hybridized carbons (Fsp3) is 0.184. The molecule has 0 saturated heterocycles. The summed E-state index contributed by atoms with van der Waals surface area (Å²) in [5.74, 6) is 0. The Bertz CT molecular complexity index is 2450. The highest BCUT2D eigenvalue weighted by molar-refractivity contribution is 5.89. The summed E-state index contributed by atoms with van der Waals surface area (Å²) in [5.41, 5.74) is 22.8. The quantitative estimate of drug-likeness (QED) is 0.185. The largest absolute Gasteiger partial charge is 0.310 e. The molecule has 1 nitrogen and oxygen atoms in total. The lowest BCUT2D eigenvalue weighted by Gasteiger charge is -2.45. The Balaban J connectivity index is 1.09. The Hall–Kier alpha value is -5.40. The molecule has 4 aliphatic rings. The summed E-state index contributed by atoms with van der Waals surface area (Å²) in [5, 5.41) is 0. The molecule has 1 aliphatic heterocycles. The van der Waals surface area contributed by atoms with Crippen LogP contribution in [-0.2, 0) is 17.3 Å². The molecule has 0 spiro atoms. The average Bonchev–Trinajstić information content (AvgIpc) is 3.63. The maximum Gasteiger partial charge on any atom is 0.0502 e. The highest BCUT2D eigenvalue weighted by atomic mass is 15.2. The summed E-state index contributed by atoms with van der Waals surface area (Å²) in [7, 11) is 0. The van der Waals surface area contributed by atoms with E-state index in [0.717, 1.165) is 19.3 Å². The minimum absolute atomic E-state index is 0.0443. The van der Waals surface area contributed by atoms with Gasteiger partial charge in [-0.2, -0.15) is 0 Å². The zero-order valence-corrected chi connectivity index (χ0v) is 29.3. The van der Waals surface area contributed by atoms with Crippen molar-refractivity contribution in [3.63, 3.8) is 0 Å². The van der Waals surface area contributed by atoms with Crippen LogP contribution in [0.4, 0.5) is 11.4 Å². The molecule has 50 heavy (non-hydrogen) atoms. The van der Waals surface area contributed by atoms with Crippen LogP contribution in [0.5, 0.6) is 0 Å². The Morgan fingerprint density at radius 2 is 1.10 bits per heavy atom. The molecule has 0 unspecified atom stereocenters. The van der Waals surface area contributed by atoms with E-state index < -0.39 is 0 Å². The Kier molecular flexibility index (Phi) is 6.23. The summed E-state index contributed by atoms with van der Waals surface area (Å²) in [6.45, 7) is 9.60. The minimum atomic E-state index is -0.117. The molecule has 0 amide bonds. The van der Waals surface area contributed by atoms with Crippen molar-refractivity contribution in [1.82, 2.24) is 0 Å². The summed E-state index contributed by atoms with van der Waals surface area (Å²) in [6, 6.07) is 48.2. The van der Waals surface area contributed by atoms with Crippen LogP contribution in [0.2, 0.25) is 0 Å². The van der Waals surface area contributed by atoms with Gasteiger partial charge in [-0.1, -0.05) is 131 Å². The highest BCUT2D eigenvalue weighted by Crippen LogP contribution is 2.55. The van der Waals surface area contributed by atoms with E-state index in [4.69, 9.17) is 0 Å². The van der Waals surface area contributed by atoms with Crippen LogP contribution in [0, 0.1) is 0 Å². The van der Waals surface area contributed by atoms with Crippen molar-refractivity contribution in [3.05, 3.63) is 179 Å². The monoisotopic (exact) mass is 643 g/mol. The second-order valence-electron chi connectivity index (χ2n) is 15.7. The van der Waals surface area contributed by atoms with Crippen LogP contribution < -0.4 is 4.90 Å². The first-order chi connectivity index (χ1) is 24.3. The van der Waals surface area contributed by atoms with Gasteiger partial charge >= 0.3 is 0 Å². The van der Waals surface area contributed by atoms with Gasteiger partial charge in [0, 0.05) is 22.2 Å². The van der Waals surface area contributed by atoms with E-state index in [0.29, 0.717) is 0 Å². The predicted molar refractivity (Wildman–Crippen MR) is 210 cm³/mol. The van der Waals surface area contributed by atoms with Gasteiger partial charge in [-0.25, -0.2) is 0 Å². The molecule has 0 atom stereocenters. The van der Waals surface area contributed by atoms with Gasteiger partial charge in [-0.3, -0.25) is 0 Å². The number of benzene rings is 6. The molecule has 0 bridgehead atoms. The standard InChI is InChI=1S/C49H41N/c1-48(2)42-15-9-8-14-38(42)39-24-23-37(30-44(39)48)50-46-17-11-10-16-43(46)49(3,4)45-29-34(22-25-47(45)50)33-19-21-36-26-35-20-18-32(27-40(35)41(36)28-33)31-12-6-5-7-13-31/h5-9,12-25,27-30H,10-11,26H2,1-4H3. The van der Waals surface area contributed by atoms with E-state index in [2.05, 4.69) is 172 Å². The molecule has 0 N–H and O–H groups in total. The summed E-state index contributed by atoms with van der Waals surface area (Å²) < 4.78 is 0. The second kappa shape index (κ2) is 10.6. The maximum atomic E-state index is 2.55. The van der Waals surface area contributed by atoms with Gasteiger partial charge in [-0.15, -0.1) is 0 Å². The number of rotatable bonds is 3. The molecular formula is C49H41N. The Labute approximate surface area is 296 Å². The van der Waals surface area contributed by atoms with Gasteiger partial charge < -0.3 is 4.90 Å². The fourth-order valence-electron chi connectivity index (χ4n) is 9.40. The predicted octanol–water partition coefficient (Wildman–Crippen LogP) is 12.9. The average molecular weight is 644 g/mol. The molecule has 1 heteroatoms. The van der Waals surface area contributed by atoms with Crippen LogP contribution in [0.3, 0.4) is 0 Å². The van der Waals surface area contributed by atoms with E-state index in [1.165, 1.54) is 95.0 Å². The molecule has 1 heterocycles. The fourth-order valence-corrected chi connectivity index (χ4v) is 9.40. The third kappa shape index (κ3) is 4.19. The lowest BCUT2D eigenvalue weighted by atomic mass is 9.70. The molecule has 242 valence electrons. The number of hydrogen-bond donors (Lipinski definition) is 0. The van der Waals surface area contributed by atoms with Crippen molar-refractivity contribution in [2.24, 2.45) is 0 Å². The third-order valence-corrected chi connectivity index (χ3v) is 12.1. The molecule has 10 rings (SSSR count). The van der Waals surface area contributed by atoms with Gasteiger partial charge in [0.05, 0.1) is 5.69 Å². The van der Waals surface area contributed by atoms with Crippen LogP contribution in [0.15, 0.2) is 151 Å². The maximum absolute atomic E-state index is 2.55. The Morgan fingerprint density at radius 1 is 0.460 bits per heavy atom. The van der Waals surface area contributed by atoms with Crippen LogP contribution >= 0.6 is 0 Å². The zero-order chi connectivity index (χ0) is 33.8. The molecule has 0 fully saturated rings. The van der Waals surface area contributed by atoms with E-state index >= 15 is 0 Å². The van der Waals surface area contributed by atoms with E-state index in [1.54, 1.807) is 0 Å². The number of anilines is 2. The molecule has 0 saturated carbocycles. The van der Waals surface area contributed by atoms with E-state index in [9.17, 15) is 0 Å². The van der Waals surface area contributed by atoms with Gasteiger partial charge in [0.1, 0.15) is 0 Å². The SMILES string of the molecule is CC1(C)C2=CCCC=C2N(c2ccc3c(c2)C(C)(C)c2ccccc2-3)c2ccc(-c3ccc4c(c3)-c3cc(-c5ccccc5)ccc3C4)cc21.